The highest BCUT2D eigenvalue weighted by atomic mass is 35.5. The Kier molecular flexibility index (Phi) is 11.5. The number of hydrogen-bond acceptors (Lipinski definition) is 8. The predicted molar refractivity (Wildman–Crippen MR) is 150 cm³/mol. The molecule has 9 nitrogen and oxygen atoms in total. The molecule has 39 heavy (non-hydrogen) atoms. The van der Waals surface area contributed by atoms with Crippen LogP contribution in [0.15, 0.2) is 30.9 Å². The quantitative estimate of drug-likeness (QED) is 0.512. The molecule has 2 aromatic rings. The summed E-state index contributed by atoms with van der Waals surface area (Å²) >= 11 is 6.21. The van der Waals surface area contributed by atoms with Gasteiger partial charge in [0.25, 0.3) is 0 Å². The van der Waals surface area contributed by atoms with Gasteiger partial charge in [0, 0.05) is 68.9 Å². The predicted octanol–water partition coefficient (Wildman–Crippen LogP) is 3.87. The van der Waals surface area contributed by atoms with Gasteiger partial charge < -0.3 is 19.4 Å². The van der Waals surface area contributed by atoms with Crippen LogP contribution >= 0.6 is 11.6 Å². The number of carbonyl (C=O) groups excluding carboxylic acids is 1. The van der Waals surface area contributed by atoms with Gasteiger partial charge in [-0.05, 0) is 51.2 Å². The third-order valence-corrected chi connectivity index (χ3v) is 7.18. The summed E-state index contributed by atoms with van der Waals surface area (Å²) in [6.45, 7) is 11.7. The summed E-state index contributed by atoms with van der Waals surface area (Å²) in [6.07, 6.45) is 4.17. The molecule has 0 radical (unpaired) electrons. The molecule has 0 N–H and O–H groups in total. The minimum Gasteiger partial charge on any atom is -0.467 e. The number of rotatable bonds is 5. The van der Waals surface area contributed by atoms with Gasteiger partial charge >= 0.3 is 6.01 Å². The number of likely N-dealkylation sites (tertiary alicyclic amines) is 1. The molecule has 0 bridgehead atoms. The smallest absolute Gasteiger partial charge is 0.318 e. The molecule has 4 heterocycles. The van der Waals surface area contributed by atoms with Crippen LogP contribution in [-0.2, 0) is 24.4 Å². The Bertz CT molecular complexity index is 1150. The van der Waals surface area contributed by atoms with Gasteiger partial charge in [0.1, 0.15) is 11.6 Å². The van der Waals surface area contributed by atoms with Crippen molar-refractivity contribution in [1.29, 1.82) is 5.26 Å². The van der Waals surface area contributed by atoms with E-state index in [0.29, 0.717) is 62.4 Å². The Hall–Kier alpha value is -3.26. The molecular formula is C28H37ClFN7O2. The second-order valence-electron chi connectivity index (χ2n) is 9.55. The van der Waals surface area contributed by atoms with E-state index in [1.54, 1.807) is 23.1 Å². The molecule has 11 heteroatoms. The van der Waals surface area contributed by atoms with Gasteiger partial charge in [-0.1, -0.05) is 24.2 Å². The first kappa shape index (κ1) is 30.3. The SMILES string of the molecule is C=CC(=O)N1CCN(c2nc(OC)nc3c2CN(Cc2c(F)cccc2Cl)C3)CC1.CC#N.CN1CCCC1. The molecule has 0 spiro atoms. The van der Waals surface area contributed by atoms with E-state index in [2.05, 4.69) is 38.3 Å². The van der Waals surface area contributed by atoms with Crippen LogP contribution in [0.25, 0.3) is 0 Å². The largest absolute Gasteiger partial charge is 0.467 e. The molecule has 210 valence electrons. The van der Waals surface area contributed by atoms with Crippen molar-refractivity contribution in [3.63, 3.8) is 0 Å². The van der Waals surface area contributed by atoms with Crippen LogP contribution in [0.3, 0.4) is 0 Å². The Morgan fingerprint density at radius 2 is 1.85 bits per heavy atom. The second kappa shape index (κ2) is 14.8. The van der Waals surface area contributed by atoms with E-state index in [1.165, 1.54) is 52.1 Å². The molecule has 3 aliphatic heterocycles. The number of benzene rings is 1. The first-order valence-corrected chi connectivity index (χ1v) is 13.4. The minimum absolute atomic E-state index is 0.0620. The van der Waals surface area contributed by atoms with Gasteiger partial charge in [0.2, 0.25) is 5.91 Å². The normalized spacial score (nSPS) is 16.8. The lowest BCUT2D eigenvalue weighted by Crippen LogP contribution is -2.48. The summed E-state index contributed by atoms with van der Waals surface area (Å²) in [4.78, 5) is 29.3. The van der Waals surface area contributed by atoms with Gasteiger partial charge in [0.05, 0.1) is 18.9 Å². The third kappa shape index (κ3) is 8.12. The molecule has 1 amide bonds. The summed E-state index contributed by atoms with van der Waals surface area (Å²) in [5, 5.41) is 7.73. The van der Waals surface area contributed by atoms with E-state index in [0.717, 1.165) is 17.1 Å². The number of hydrogen-bond donors (Lipinski definition) is 0. The number of amides is 1. The van der Waals surface area contributed by atoms with Crippen molar-refractivity contribution in [3.8, 4) is 12.1 Å². The van der Waals surface area contributed by atoms with E-state index in [-0.39, 0.29) is 11.7 Å². The lowest BCUT2D eigenvalue weighted by Gasteiger charge is -2.35. The lowest BCUT2D eigenvalue weighted by molar-refractivity contribution is -0.126. The second-order valence-corrected chi connectivity index (χ2v) is 9.96. The van der Waals surface area contributed by atoms with Crippen molar-refractivity contribution < 1.29 is 13.9 Å². The van der Waals surface area contributed by atoms with Crippen molar-refractivity contribution in [2.75, 3.05) is 58.3 Å². The lowest BCUT2D eigenvalue weighted by atomic mass is 10.2. The molecule has 0 aliphatic carbocycles. The molecule has 2 fully saturated rings. The Balaban J connectivity index is 0.000000400. The summed E-state index contributed by atoms with van der Waals surface area (Å²) in [5.74, 6) is 0.433. The van der Waals surface area contributed by atoms with E-state index < -0.39 is 0 Å². The topological polar surface area (TPSA) is 88.8 Å². The molecule has 0 saturated carbocycles. The first-order valence-electron chi connectivity index (χ1n) is 13.1. The summed E-state index contributed by atoms with van der Waals surface area (Å²) in [7, 11) is 3.71. The van der Waals surface area contributed by atoms with Crippen LogP contribution in [0.5, 0.6) is 6.01 Å². The van der Waals surface area contributed by atoms with Crippen molar-refractivity contribution in [2.45, 2.75) is 39.4 Å². The van der Waals surface area contributed by atoms with Gasteiger partial charge in [-0.2, -0.15) is 15.2 Å². The Labute approximate surface area is 235 Å². The maximum atomic E-state index is 14.2. The van der Waals surface area contributed by atoms with Gasteiger partial charge in [-0.25, -0.2) is 4.39 Å². The number of methoxy groups -OCH3 is 1. The average Bonchev–Trinajstić information content (AvgIpc) is 3.59. The maximum absolute atomic E-state index is 14.2. The van der Waals surface area contributed by atoms with Crippen LogP contribution in [0, 0.1) is 17.1 Å². The zero-order chi connectivity index (χ0) is 28.4. The highest BCUT2D eigenvalue weighted by molar-refractivity contribution is 6.31. The van der Waals surface area contributed by atoms with Crippen LogP contribution in [0.1, 0.15) is 36.6 Å². The fourth-order valence-corrected chi connectivity index (χ4v) is 5.02. The third-order valence-electron chi connectivity index (χ3n) is 6.83. The zero-order valence-corrected chi connectivity index (χ0v) is 23.8. The van der Waals surface area contributed by atoms with Crippen molar-refractivity contribution >= 4 is 23.3 Å². The van der Waals surface area contributed by atoms with E-state index in [9.17, 15) is 9.18 Å². The summed E-state index contributed by atoms with van der Waals surface area (Å²) < 4.78 is 19.6. The molecule has 1 aromatic carbocycles. The summed E-state index contributed by atoms with van der Waals surface area (Å²) in [5.41, 5.74) is 2.35. The number of fused-ring (bicyclic) bond motifs is 1. The van der Waals surface area contributed by atoms with E-state index in [4.69, 9.17) is 21.6 Å². The molecule has 0 unspecified atom stereocenters. The van der Waals surface area contributed by atoms with Crippen molar-refractivity contribution in [1.82, 2.24) is 24.7 Å². The van der Waals surface area contributed by atoms with Gasteiger partial charge in [-0.3, -0.25) is 9.69 Å². The molecule has 5 rings (SSSR count). The zero-order valence-electron chi connectivity index (χ0n) is 23.0. The highest BCUT2D eigenvalue weighted by Crippen LogP contribution is 2.33. The van der Waals surface area contributed by atoms with Gasteiger partial charge in [-0.15, -0.1) is 0 Å². The van der Waals surface area contributed by atoms with Crippen molar-refractivity contribution in [2.24, 2.45) is 0 Å². The van der Waals surface area contributed by atoms with Crippen molar-refractivity contribution in [3.05, 3.63) is 58.5 Å². The number of nitriles is 1. The number of halogens is 2. The summed E-state index contributed by atoms with van der Waals surface area (Å²) in [6, 6.07) is 6.77. The maximum Gasteiger partial charge on any atom is 0.318 e. The Morgan fingerprint density at radius 1 is 1.18 bits per heavy atom. The molecule has 0 atom stereocenters. The van der Waals surface area contributed by atoms with Gasteiger partial charge in [0.15, 0.2) is 0 Å². The van der Waals surface area contributed by atoms with Crippen LogP contribution < -0.4 is 9.64 Å². The molecule has 3 aliphatic rings. The number of anilines is 1. The van der Waals surface area contributed by atoms with Crippen LogP contribution in [0.4, 0.5) is 10.2 Å². The van der Waals surface area contributed by atoms with E-state index in [1.807, 2.05) is 0 Å². The number of nitrogens with zero attached hydrogens (tertiary/aromatic N) is 7. The minimum atomic E-state index is -0.314. The monoisotopic (exact) mass is 557 g/mol. The fourth-order valence-electron chi connectivity index (χ4n) is 4.79. The first-order chi connectivity index (χ1) is 18.8. The average molecular weight is 558 g/mol. The molecule has 2 saturated heterocycles. The number of aromatic nitrogens is 2. The number of carbonyl (C=O) groups is 1. The number of ether oxygens (including phenoxy) is 1. The molecular weight excluding hydrogens is 521 g/mol. The highest BCUT2D eigenvalue weighted by Gasteiger charge is 2.30. The van der Waals surface area contributed by atoms with Crippen LogP contribution in [-0.4, -0.2) is 84.0 Å². The standard InChI is InChI=1S/C21H23ClFN5O2.C5H11N.C2H3N/c1-3-19(29)27-7-9-28(10-8-27)20-15-12-26(13-18(15)24-21(25-20)30-2)11-14-16(22)5-4-6-17(14)23;1-6-4-2-3-5-6;1-2-3/h3-6H,1,7-13H2,2H3;2-5H2,1H3;1H3. The Morgan fingerprint density at radius 3 is 2.38 bits per heavy atom. The van der Waals surface area contributed by atoms with Crippen LogP contribution in [0.2, 0.25) is 5.02 Å². The van der Waals surface area contributed by atoms with E-state index >= 15 is 0 Å². The molecule has 1 aromatic heterocycles. The fraction of sp³-hybridized carbons (Fsp3) is 0.500. The number of piperazine rings is 1.